The highest BCUT2D eigenvalue weighted by Gasteiger charge is 2.18. The summed E-state index contributed by atoms with van der Waals surface area (Å²) in [5.74, 6) is 2.09. The average molecular weight is 233 g/mol. The summed E-state index contributed by atoms with van der Waals surface area (Å²) >= 11 is 2.00. The van der Waals surface area contributed by atoms with Crippen LogP contribution < -0.4 is 4.90 Å². The van der Waals surface area contributed by atoms with Crippen molar-refractivity contribution in [2.75, 3.05) is 23.7 Å². The summed E-state index contributed by atoms with van der Waals surface area (Å²) in [6.45, 7) is 6.21. The van der Waals surface area contributed by atoms with E-state index in [1.54, 1.807) is 0 Å². The first kappa shape index (κ1) is 11.3. The van der Waals surface area contributed by atoms with Gasteiger partial charge in [-0.3, -0.25) is 0 Å². The zero-order valence-electron chi connectivity index (χ0n) is 9.60. The van der Waals surface area contributed by atoms with Crippen molar-refractivity contribution in [3.63, 3.8) is 0 Å². The van der Waals surface area contributed by atoms with E-state index in [0.717, 1.165) is 30.4 Å². The van der Waals surface area contributed by atoms with Crippen molar-refractivity contribution in [2.45, 2.75) is 19.1 Å². The van der Waals surface area contributed by atoms with Gasteiger partial charge in [-0.05, 0) is 19.1 Å². The minimum Gasteiger partial charge on any atom is -0.355 e. The Bertz CT molecular complexity index is 425. The Morgan fingerprint density at radius 2 is 2.38 bits per heavy atom. The number of anilines is 1. The molecule has 1 unspecified atom stereocenters. The average Bonchev–Trinajstić information content (AvgIpc) is 2.28. The number of nitriles is 1. The smallest absolute Gasteiger partial charge is 0.130 e. The lowest BCUT2D eigenvalue weighted by Crippen LogP contribution is -2.37. The molecule has 0 radical (unpaired) electrons. The van der Waals surface area contributed by atoms with Crippen LogP contribution in [0.1, 0.15) is 18.2 Å². The Morgan fingerprint density at radius 3 is 3.06 bits per heavy atom. The van der Waals surface area contributed by atoms with Crippen molar-refractivity contribution in [3.8, 4) is 6.07 Å². The largest absolute Gasteiger partial charge is 0.355 e. The summed E-state index contributed by atoms with van der Waals surface area (Å²) in [5, 5.41) is 9.58. The van der Waals surface area contributed by atoms with Crippen molar-refractivity contribution in [1.82, 2.24) is 4.98 Å². The van der Waals surface area contributed by atoms with Crippen LogP contribution in [0, 0.1) is 18.3 Å². The van der Waals surface area contributed by atoms with Crippen LogP contribution in [0.5, 0.6) is 0 Å². The Balaban J connectivity index is 2.26. The van der Waals surface area contributed by atoms with E-state index in [1.165, 1.54) is 0 Å². The maximum atomic E-state index is 8.94. The van der Waals surface area contributed by atoms with Crippen LogP contribution in [0.2, 0.25) is 0 Å². The van der Waals surface area contributed by atoms with Gasteiger partial charge in [0, 0.05) is 29.8 Å². The third kappa shape index (κ3) is 2.48. The number of pyridine rings is 1. The number of hydrogen-bond donors (Lipinski definition) is 0. The molecular weight excluding hydrogens is 218 g/mol. The second kappa shape index (κ2) is 4.75. The number of aromatic nitrogens is 1. The fraction of sp³-hybridized carbons (Fsp3) is 0.500. The first-order valence-corrected chi connectivity index (χ1v) is 6.49. The first-order chi connectivity index (χ1) is 7.69. The van der Waals surface area contributed by atoms with E-state index in [0.29, 0.717) is 10.8 Å². The van der Waals surface area contributed by atoms with E-state index >= 15 is 0 Å². The zero-order chi connectivity index (χ0) is 11.5. The second-order valence-electron chi connectivity index (χ2n) is 4.09. The van der Waals surface area contributed by atoms with Crippen LogP contribution in [0.3, 0.4) is 0 Å². The molecule has 16 heavy (non-hydrogen) atoms. The van der Waals surface area contributed by atoms with Gasteiger partial charge in [-0.25, -0.2) is 4.98 Å². The van der Waals surface area contributed by atoms with Gasteiger partial charge in [0.15, 0.2) is 0 Å². The molecule has 0 saturated carbocycles. The fourth-order valence-electron chi connectivity index (χ4n) is 1.90. The maximum Gasteiger partial charge on any atom is 0.130 e. The van der Waals surface area contributed by atoms with Gasteiger partial charge >= 0.3 is 0 Å². The van der Waals surface area contributed by atoms with Crippen molar-refractivity contribution in [3.05, 3.63) is 23.4 Å². The highest BCUT2D eigenvalue weighted by molar-refractivity contribution is 8.00. The highest BCUT2D eigenvalue weighted by Crippen LogP contribution is 2.23. The molecule has 2 heterocycles. The molecule has 4 heteroatoms. The molecule has 1 aromatic heterocycles. The van der Waals surface area contributed by atoms with Crippen LogP contribution in [0.25, 0.3) is 0 Å². The number of rotatable bonds is 1. The molecule has 1 aliphatic rings. The molecule has 1 aliphatic heterocycles. The summed E-state index contributed by atoms with van der Waals surface area (Å²) in [5.41, 5.74) is 1.62. The lowest BCUT2D eigenvalue weighted by molar-refractivity contribution is 0.768. The van der Waals surface area contributed by atoms with Gasteiger partial charge in [0.2, 0.25) is 0 Å². The minimum atomic E-state index is 0.640. The fourth-order valence-corrected chi connectivity index (χ4v) is 2.92. The predicted octanol–water partition coefficient (Wildman–Crippen LogP) is 2.20. The van der Waals surface area contributed by atoms with E-state index in [1.807, 2.05) is 30.8 Å². The molecule has 84 valence electrons. The summed E-state index contributed by atoms with van der Waals surface area (Å²) < 4.78 is 0. The highest BCUT2D eigenvalue weighted by atomic mass is 32.2. The minimum absolute atomic E-state index is 0.640. The van der Waals surface area contributed by atoms with Gasteiger partial charge in [-0.15, -0.1) is 0 Å². The molecule has 3 nitrogen and oxygen atoms in total. The van der Waals surface area contributed by atoms with Crippen LogP contribution in [-0.2, 0) is 0 Å². The molecule has 2 rings (SSSR count). The molecule has 0 N–H and O–H groups in total. The number of hydrogen-bond acceptors (Lipinski definition) is 4. The van der Waals surface area contributed by atoms with Crippen molar-refractivity contribution in [1.29, 1.82) is 5.26 Å². The van der Waals surface area contributed by atoms with Crippen LogP contribution in [0.15, 0.2) is 12.1 Å². The van der Waals surface area contributed by atoms with Gasteiger partial charge < -0.3 is 4.90 Å². The van der Waals surface area contributed by atoms with Gasteiger partial charge in [-0.1, -0.05) is 6.92 Å². The van der Waals surface area contributed by atoms with Gasteiger partial charge in [0.1, 0.15) is 5.82 Å². The Hall–Kier alpha value is -1.21. The summed E-state index contributed by atoms with van der Waals surface area (Å²) in [7, 11) is 0. The molecule has 0 aliphatic carbocycles. The van der Waals surface area contributed by atoms with Gasteiger partial charge in [-0.2, -0.15) is 17.0 Å². The van der Waals surface area contributed by atoms with Gasteiger partial charge in [0.25, 0.3) is 0 Å². The molecular formula is C12H15N3S. The maximum absolute atomic E-state index is 8.94. The Labute approximate surface area is 100 Å². The molecule has 1 fully saturated rings. The first-order valence-electron chi connectivity index (χ1n) is 5.44. The summed E-state index contributed by atoms with van der Waals surface area (Å²) in [6.07, 6.45) is 0. The lowest BCUT2D eigenvalue weighted by Gasteiger charge is -2.31. The Kier molecular flexibility index (Phi) is 3.35. The molecule has 0 amide bonds. The predicted molar refractivity (Wildman–Crippen MR) is 67.8 cm³/mol. The molecule has 1 atom stereocenters. The monoisotopic (exact) mass is 233 g/mol. The summed E-state index contributed by atoms with van der Waals surface area (Å²) in [6, 6.07) is 5.90. The molecule has 1 saturated heterocycles. The molecule has 0 bridgehead atoms. The van der Waals surface area contributed by atoms with Crippen LogP contribution in [-0.4, -0.2) is 29.1 Å². The summed E-state index contributed by atoms with van der Waals surface area (Å²) in [4.78, 5) is 6.78. The van der Waals surface area contributed by atoms with Crippen LogP contribution >= 0.6 is 11.8 Å². The van der Waals surface area contributed by atoms with Gasteiger partial charge in [0.05, 0.1) is 11.6 Å². The van der Waals surface area contributed by atoms with Crippen molar-refractivity contribution >= 4 is 17.6 Å². The number of nitrogens with zero attached hydrogens (tertiary/aromatic N) is 3. The molecule has 0 spiro atoms. The van der Waals surface area contributed by atoms with E-state index in [9.17, 15) is 0 Å². The van der Waals surface area contributed by atoms with Crippen molar-refractivity contribution in [2.24, 2.45) is 0 Å². The van der Waals surface area contributed by atoms with E-state index < -0.39 is 0 Å². The number of thioether (sulfide) groups is 1. The van der Waals surface area contributed by atoms with Crippen molar-refractivity contribution < 1.29 is 0 Å². The van der Waals surface area contributed by atoms with E-state index in [2.05, 4.69) is 22.9 Å². The quantitative estimate of drug-likeness (QED) is 0.745. The van der Waals surface area contributed by atoms with Crippen LogP contribution in [0.4, 0.5) is 5.82 Å². The second-order valence-corrected chi connectivity index (χ2v) is 5.64. The standard InChI is InChI=1S/C12H15N3S/c1-9-5-11(7-13)6-12(14-9)15-3-4-16-10(2)8-15/h5-6,10H,3-4,8H2,1-2H3. The Morgan fingerprint density at radius 1 is 1.56 bits per heavy atom. The zero-order valence-corrected chi connectivity index (χ0v) is 10.4. The van der Waals surface area contributed by atoms with E-state index in [4.69, 9.17) is 5.26 Å². The SMILES string of the molecule is Cc1cc(C#N)cc(N2CCSC(C)C2)n1. The third-order valence-corrected chi connectivity index (χ3v) is 3.77. The topological polar surface area (TPSA) is 39.9 Å². The molecule has 0 aromatic carbocycles. The normalized spacial score (nSPS) is 20.6. The number of aryl methyl sites for hydroxylation is 1. The third-order valence-electron chi connectivity index (χ3n) is 2.63. The molecule has 1 aromatic rings. The van der Waals surface area contributed by atoms with E-state index in [-0.39, 0.29) is 0 Å². The lowest BCUT2D eigenvalue weighted by atomic mass is 10.2.